The lowest BCUT2D eigenvalue weighted by Crippen LogP contribution is -2.32. The SMILES string of the molecule is C=N/C(C)=C(\C=C/C)c1cnc2[nH]cc(-c3ccc4c(c3)C(C)(C)NC4=O)c2c1. The van der Waals surface area contributed by atoms with Gasteiger partial charge in [-0.05, 0) is 63.7 Å². The second-order valence-electron chi connectivity index (χ2n) is 7.82. The van der Waals surface area contributed by atoms with E-state index in [0.717, 1.165) is 50.1 Å². The largest absolute Gasteiger partial charge is 0.346 e. The number of carbonyl (C=O) groups is 1. The highest BCUT2D eigenvalue weighted by atomic mass is 16.2. The van der Waals surface area contributed by atoms with Crippen LogP contribution < -0.4 is 5.32 Å². The van der Waals surface area contributed by atoms with Crippen molar-refractivity contribution in [1.29, 1.82) is 0 Å². The maximum Gasteiger partial charge on any atom is 0.252 e. The van der Waals surface area contributed by atoms with Crippen LogP contribution in [-0.4, -0.2) is 22.6 Å². The van der Waals surface area contributed by atoms with Crippen molar-refractivity contribution in [2.24, 2.45) is 4.99 Å². The van der Waals surface area contributed by atoms with Crippen LogP contribution in [0.2, 0.25) is 0 Å². The van der Waals surface area contributed by atoms with Crippen LogP contribution in [0, 0.1) is 0 Å². The lowest BCUT2D eigenvalue weighted by Gasteiger charge is -2.19. The molecule has 1 aliphatic heterocycles. The van der Waals surface area contributed by atoms with Crippen molar-refractivity contribution in [2.75, 3.05) is 0 Å². The number of nitrogens with zero attached hydrogens (tertiary/aromatic N) is 2. The van der Waals surface area contributed by atoms with Gasteiger partial charge in [0.1, 0.15) is 5.65 Å². The predicted octanol–water partition coefficient (Wildman–Crippen LogP) is 5.22. The molecule has 1 aliphatic rings. The molecular formula is C24H24N4O. The van der Waals surface area contributed by atoms with Crippen molar-refractivity contribution in [2.45, 2.75) is 33.2 Å². The molecule has 0 saturated carbocycles. The Labute approximate surface area is 170 Å². The summed E-state index contributed by atoms with van der Waals surface area (Å²) in [5, 5.41) is 4.06. The molecule has 0 radical (unpaired) electrons. The quantitative estimate of drug-likeness (QED) is 0.478. The summed E-state index contributed by atoms with van der Waals surface area (Å²) >= 11 is 0. The Kier molecular flexibility index (Phi) is 4.46. The van der Waals surface area contributed by atoms with Gasteiger partial charge < -0.3 is 10.3 Å². The topological polar surface area (TPSA) is 70.1 Å². The van der Waals surface area contributed by atoms with Gasteiger partial charge in [-0.25, -0.2) is 4.98 Å². The molecule has 0 spiro atoms. The van der Waals surface area contributed by atoms with Crippen molar-refractivity contribution in [3.63, 3.8) is 0 Å². The number of H-pyrrole nitrogens is 1. The summed E-state index contributed by atoms with van der Waals surface area (Å²) in [5.74, 6) is -0.0204. The Balaban J connectivity index is 1.89. The Hall–Kier alpha value is -3.47. The first-order valence-corrected chi connectivity index (χ1v) is 9.61. The zero-order chi connectivity index (χ0) is 20.8. The number of amides is 1. The number of benzene rings is 1. The van der Waals surface area contributed by atoms with Crippen molar-refractivity contribution in [3.8, 4) is 11.1 Å². The number of aromatic nitrogens is 2. The summed E-state index contributed by atoms with van der Waals surface area (Å²) in [4.78, 5) is 24.2. The van der Waals surface area contributed by atoms with E-state index in [1.54, 1.807) is 0 Å². The minimum Gasteiger partial charge on any atom is -0.346 e. The van der Waals surface area contributed by atoms with E-state index in [2.05, 4.69) is 39.1 Å². The standard InChI is InChI=1S/C24H24N4O/c1-6-7-17(14(2)25-5)16-10-19-20(13-27-22(19)26-12-16)15-8-9-18-21(11-15)24(3,4)28-23(18)29/h6-13H,5H2,1-4H3,(H,26,27)(H,28,29)/b7-6-,17-14+. The van der Waals surface area contributed by atoms with Gasteiger partial charge >= 0.3 is 0 Å². The predicted molar refractivity (Wildman–Crippen MR) is 119 cm³/mol. The first-order valence-electron chi connectivity index (χ1n) is 9.61. The fraction of sp³-hybridized carbons (Fsp3) is 0.208. The van der Waals surface area contributed by atoms with E-state index < -0.39 is 0 Å². The summed E-state index contributed by atoms with van der Waals surface area (Å²) < 4.78 is 0. The van der Waals surface area contributed by atoms with Crippen LogP contribution in [0.25, 0.3) is 27.7 Å². The molecule has 29 heavy (non-hydrogen) atoms. The van der Waals surface area contributed by atoms with Gasteiger partial charge in [-0.15, -0.1) is 0 Å². The van der Waals surface area contributed by atoms with Crippen LogP contribution in [0.1, 0.15) is 49.2 Å². The molecule has 2 N–H and O–H groups in total. The number of fused-ring (bicyclic) bond motifs is 2. The van der Waals surface area contributed by atoms with Gasteiger partial charge in [0.2, 0.25) is 0 Å². The van der Waals surface area contributed by atoms with Crippen molar-refractivity contribution in [1.82, 2.24) is 15.3 Å². The van der Waals surface area contributed by atoms with Crippen molar-refractivity contribution in [3.05, 3.63) is 71.2 Å². The number of rotatable bonds is 4. The second-order valence-corrected chi connectivity index (χ2v) is 7.82. The fourth-order valence-corrected chi connectivity index (χ4v) is 3.91. The third-order valence-electron chi connectivity index (χ3n) is 5.48. The van der Waals surface area contributed by atoms with Gasteiger partial charge in [0.25, 0.3) is 5.91 Å². The molecular weight excluding hydrogens is 360 g/mol. The lowest BCUT2D eigenvalue weighted by molar-refractivity contribution is 0.0940. The van der Waals surface area contributed by atoms with E-state index in [1.807, 2.05) is 64.4 Å². The third kappa shape index (κ3) is 3.09. The number of allylic oxidation sites excluding steroid dienone is 4. The fourth-order valence-electron chi connectivity index (χ4n) is 3.91. The average molecular weight is 384 g/mol. The normalized spacial score (nSPS) is 16.1. The number of hydrogen-bond acceptors (Lipinski definition) is 3. The molecule has 0 fully saturated rings. The summed E-state index contributed by atoms with van der Waals surface area (Å²) in [6, 6.07) is 8.12. The van der Waals surface area contributed by atoms with E-state index in [9.17, 15) is 4.79 Å². The van der Waals surface area contributed by atoms with Crippen LogP contribution in [-0.2, 0) is 5.54 Å². The van der Waals surface area contributed by atoms with Crippen molar-refractivity contribution < 1.29 is 4.79 Å². The van der Waals surface area contributed by atoms with E-state index in [-0.39, 0.29) is 11.4 Å². The molecule has 0 unspecified atom stereocenters. The Bertz CT molecular complexity index is 1210. The van der Waals surface area contributed by atoms with E-state index in [1.165, 1.54) is 0 Å². The molecule has 1 amide bonds. The number of carbonyl (C=O) groups excluding carboxylic acids is 1. The molecule has 4 rings (SSSR count). The molecule has 5 nitrogen and oxygen atoms in total. The molecule has 0 atom stereocenters. The van der Waals surface area contributed by atoms with Gasteiger partial charge in [0.05, 0.1) is 5.54 Å². The van der Waals surface area contributed by atoms with E-state index in [4.69, 9.17) is 0 Å². The molecule has 1 aromatic carbocycles. The Morgan fingerprint density at radius 3 is 2.76 bits per heavy atom. The Morgan fingerprint density at radius 1 is 1.24 bits per heavy atom. The van der Waals surface area contributed by atoms with Gasteiger partial charge in [-0.1, -0.05) is 18.2 Å². The molecule has 2 aromatic heterocycles. The van der Waals surface area contributed by atoms with Crippen molar-refractivity contribution >= 4 is 29.2 Å². The van der Waals surface area contributed by atoms with Gasteiger partial charge in [0.15, 0.2) is 0 Å². The van der Waals surface area contributed by atoms with Crippen LogP contribution in [0.4, 0.5) is 0 Å². The number of nitrogens with one attached hydrogen (secondary N) is 2. The summed E-state index contributed by atoms with van der Waals surface area (Å²) in [6.45, 7) is 11.6. The average Bonchev–Trinajstić information content (AvgIpc) is 3.23. The van der Waals surface area contributed by atoms with Crippen LogP contribution in [0.15, 0.2) is 59.5 Å². The van der Waals surface area contributed by atoms with Crippen LogP contribution >= 0.6 is 0 Å². The summed E-state index contributed by atoms with van der Waals surface area (Å²) in [6.07, 6.45) is 7.83. The number of aliphatic imine (C=N–C) groups is 1. The number of aromatic amines is 1. The maximum atomic E-state index is 12.2. The van der Waals surface area contributed by atoms with E-state index in [0.29, 0.717) is 0 Å². The van der Waals surface area contributed by atoms with Crippen LogP contribution in [0.5, 0.6) is 0 Å². The van der Waals surface area contributed by atoms with Crippen LogP contribution in [0.3, 0.4) is 0 Å². The Morgan fingerprint density at radius 2 is 2.03 bits per heavy atom. The highest BCUT2D eigenvalue weighted by Crippen LogP contribution is 2.36. The molecule has 3 heterocycles. The minimum atomic E-state index is -0.382. The molecule has 0 aliphatic carbocycles. The minimum absolute atomic E-state index is 0.0204. The molecule has 146 valence electrons. The second kappa shape index (κ2) is 6.85. The molecule has 0 bridgehead atoms. The zero-order valence-corrected chi connectivity index (χ0v) is 17.1. The molecule has 3 aromatic rings. The molecule has 0 saturated heterocycles. The highest BCUT2D eigenvalue weighted by Gasteiger charge is 2.35. The third-order valence-corrected chi connectivity index (χ3v) is 5.48. The van der Waals surface area contributed by atoms with E-state index >= 15 is 0 Å². The first kappa shape index (κ1) is 18.9. The number of hydrogen-bond donors (Lipinski definition) is 2. The first-order chi connectivity index (χ1) is 13.9. The zero-order valence-electron chi connectivity index (χ0n) is 17.1. The van der Waals surface area contributed by atoms with Gasteiger partial charge in [-0.2, -0.15) is 0 Å². The number of pyridine rings is 1. The summed E-state index contributed by atoms with van der Waals surface area (Å²) in [7, 11) is 0. The van der Waals surface area contributed by atoms with Gasteiger partial charge in [0, 0.05) is 45.7 Å². The smallest absolute Gasteiger partial charge is 0.252 e. The highest BCUT2D eigenvalue weighted by molar-refractivity contribution is 6.02. The summed E-state index contributed by atoms with van der Waals surface area (Å²) in [5.41, 5.74) is 7.13. The maximum absolute atomic E-state index is 12.2. The van der Waals surface area contributed by atoms with Gasteiger partial charge in [-0.3, -0.25) is 9.79 Å². The monoisotopic (exact) mass is 384 g/mol. The molecule has 5 heteroatoms. The lowest BCUT2D eigenvalue weighted by atomic mass is 9.91.